The van der Waals surface area contributed by atoms with Crippen LogP contribution in [0.1, 0.15) is 31.7 Å². The van der Waals surface area contributed by atoms with Crippen LogP contribution in [-0.2, 0) is 0 Å². The molecule has 2 unspecified atom stereocenters. The smallest absolute Gasteiger partial charge is 0.0992 e. The molecule has 0 aliphatic carbocycles. The summed E-state index contributed by atoms with van der Waals surface area (Å²) in [5, 5.41) is 8.94. The summed E-state index contributed by atoms with van der Waals surface area (Å²) < 4.78 is 0. The quantitative estimate of drug-likeness (QED) is 0.795. The molecule has 1 aromatic carbocycles. The number of piperidine rings is 1. The number of anilines is 2. The molecule has 0 amide bonds. The average molecular weight is 270 g/mol. The van der Waals surface area contributed by atoms with Gasteiger partial charge in [0, 0.05) is 25.2 Å². The SMILES string of the molecule is CC1CN2CCCCC2CN1c1ccc(C#N)cc1N. The molecular weight excluding hydrogens is 248 g/mol. The second-order valence-electron chi connectivity index (χ2n) is 6.03. The number of piperazine rings is 1. The zero-order valence-electron chi connectivity index (χ0n) is 12.0. The first-order valence-electron chi connectivity index (χ1n) is 7.49. The van der Waals surface area contributed by atoms with E-state index in [1.165, 1.54) is 25.8 Å². The van der Waals surface area contributed by atoms with E-state index >= 15 is 0 Å². The lowest BCUT2D eigenvalue weighted by atomic mass is 9.96. The van der Waals surface area contributed by atoms with Crippen LogP contribution < -0.4 is 10.6 Å². The van der Waals surface area contributed by atoms with Crippen LogP contribution in [0.2, 0.25) is 0 Å². The first-order chi connectivity index (χ1) is 9.69. The molecule has 2 saturated heterocycles. The van der Waals surface area contributed by atoms with E-state index in [2.05, 4.69) is 22.8 Å². The zero-order chi connectivity index (χ0) is 14.1. The fourth-order valence-corrected chi connectivity index (χ4v) is 3.57. The van der Waals surface area contributed by atoms with Crippen molar-refractivity contribution in [3.05, 3.63) is 23.8 Å². The van der Waals surface area contributed by atoms with Crippen molar-refractivity contribution < 1.29 is 0 Å². The normalized spacial score (nSPS) is 26.9. The number of nitrogens with two attached hydrogens (primary N) is 1. The molecular formula is C16H22N4. The van der Waals surface area contributed by atoms with Gasteiger partial charge in [-0.2, -0.15) is 5.26 Å². The van der Waals surface area contributed by atoms with Crippen molar-refractivity contribution in [2.24, 2.45) is 0 Å². The Morgan fingerprint density at radius 1 is 1.30 bits per heavy atom. The van der Waals surface area contributed by atoms with E-state index in [1.54, 1.807) is 6.07 Å². The first kappa shape index (κ1) is 13.3. The molecule has 4 heteroatoms. The van der Waals surface area contributed by atoms with E-state index in [9.17, 15) is 0 Å². The van der Waals surface area contributed by atoms with E-state index in [-0.39, 0.29) is 0 Å². The summed E-state index contributed by atoms with van der Waals surface area (Å²) in [5.74, 6) is 0. The molecule has 0 spiro atoms. The van der Waals surface area contributed by atoms with Crippen molar-refractivity contribution in [3.63, 3.8) is 0 Å². The third-order valence-electron chi connectivity index (χ3n) is 4.65. The number of hydrogen-bond donors (Lipinski definition) is 1. The van der Waals surface area contributed by atoms with Crippen LogP contribution in [0, 0.1) is 11.3 Å². The molecule has 3 rings (SSSR count). The van der Waals surface area contributed by atoms with Gasteiger partial charge in [-0.15, -0.1) is 0 Å². The lowest BCUT2D eigenvalue weighted by molar-refractivity contribution is 0.115. The number of fused-ring (bicyclic) bond motifs is 1. The van der Waals surface area contributed by atoms with Crippen LogP contribution in [-0.4, -0.2) is 36.6 Å². The summed E-state index contributed by atoms with van der Waals surface area (Å²) in [6, 6.07) is 8.94. The van der Waals surface area contributed by atoms with Gasteiger partial charge in [-0.05, 0) is 44.5 Å². The number of benzene rings is 1. The molecule has 20 heavy (non-hydrogen) atoms. The van der Waals surface area contributed by atoms with Crippen LogP contribution >= 0.6 is 0 Å². The Balaban J connectivity index is 1.84. The van der Waals surface area contributed by atoms with Crippen LogP contribution in [0.25, 0.3) is 0 Å². The predicted octanol–water partition coefficient (Wildman–Crippen LogP) is 2.20. The highest BCUT2D eigenvalue weighted by molar-refractivity contribution is 5.70. The van der Waals surface area contributed by atoms with Gasteiger partial charge in [0.1, 0.15) is 0 Å². The molecule has 2 N–H and O–H groups in total. The van der Waals surface area contributed by atoms with Crippen molar-refractivity contribution in [2.45, 2.75) is 38.3 Å². The van der Waals surface area contributed by atoms with Gasteiger partial charge in [0.15, 0.2) is 0 Å². The molecule has 2 aliphatic rings. The number of nitriles is 1. The van der Waals surface area contributed by atoms with Gasteiger partial charge >= 0.3 is 0 Å². The van der Waals surface area contributed by atoms with E-state index in [4.69, 9.17) is 11.0 Å². The molecule has 1 aromatic rings. The van der Waals surface area contributed by atoms with Gasteiger partial charge in [0.25, 0.3) is 0 Å². The molecule has 2 aliphatic heterocycles. The number of nitrogens with zero attached hydrogens (tertiary/aromatic N) is 3. The maximum Gasteiger partial charge on any atom is 0.0992 e. The molecule has 0 aromatic heterocycles. The van der Waals surface area contributed by atoms with E-state index in [0.29, 0.717) is 17.6 Å². The highest BCUT2D eigenvalue weighted by atomic mass is 15.3. The fourth-order valence-electron chi connectivity index (χ4n) is 3.57. The van der Waals surface area contributed by atoms with Gasteiger partial charge in [-0.1, -0.05) is 6.42 Å². The maximum atomic E-state index is 8.94. The Kier molecular flexibility index (Phi) is 3.54. The summed E-state index contributed by atoms with van der Waals surface area (Å²) >= 11 is 0. The minimum atomic E-state index is 0.472. The molecule has 4 nitrogen and oxygen atoms in total. The Bertz CT molecular complexity index is 534. The van der Waals surface area contributed by atoms with Gasteiger partial charge in [0.2, 0.25) is 0 Å². The molecule has 2 atom stereocenters. The summed E-state index contributed by atoms with van der Waals surface area (Å²) in [4.78, 5) is 5.05. The summed E-state index contributed by atoms with van der Waals surface area (Å²) in [7, 11) is 0. The van der Waals surface area contributed by atoms with E-state index in [0.717, 1.165) is 24.5 Å². The predicted molar refractivity (Wildman–Crippen MR) is 81.6 cm³/mol. The van der Waals surface area contributed by atoms with Gasteiger partial charge < -0.3 is 10.6 Å². The topological polar surface area (TPSA) is 56.3 Å². The highest BCUT2D eigenvalue weighted by Gasteiger charge is 2.33. The highest BCUT2D eigenvalue weighted by Crippen LogP contribution is 2.31. The molecule has 106 valence electrons. The first-order valence-corrected chi connectivity index (χ1v) is 7.49. The van der Waals surface area contributed by atoms with Crippen molar-refractivity contribution in [1.29, 1.82) is 5.26 Å². The van der Waals surface area contributed by atoms with Gasteiger partial charge in [0.05, 0.1) is 23.0 Å². The van der Waals surface area contributed by atoms with Crippen LogP contribution in [0.4, 0.5) is 11.4 Å². The van der Waals surface area contributed by atoms with Crippen LogP contribution in [0.5, 0.6) is 0 Å². The zero-order valence-corrected chi connectivity index (χ0v) is 12.0. The minimum Gasteiger partial charge on any atom is -0.397 e. The average Bonchev–Trinajstić information content (AvgIpc) is 2.46. The van der Waals surface area contributed by atoms with E-state index in [1.807, 2.05) is 12.1 Å². The summed E-state index contributed by atoms with van der Waals surface area (Å²) in [6.45, 7) is 5.68. The Labute approximate surface area is 120 Å². The summed E-state index contributed by atoms with van der Waals surface area (Å²) in [6.07, 6.45) is 3.97. The van der Waals surface area contributed by atoms with Crippen molar-refractivity contribution in [1.82, 2.24) is 4.90 Å². The minimum absolute atomic E-state index is 0.472. The van der Waals surface area contributed by atoms with E-state index < -0.39 is 0 Å². The number of hydrogen-bond acceptors (Lipinski definition) is 4. The lowest BCUT2D eigenvalue weighted by Crippen LogP contribution is -2.59. The molecule has 2 heterocycles. The third-order valence-corrected chi connectivity index (χ3v) is 4.65. The Morgan fingerprint density at radius 2 is 2.15 bits per heavy atom. The number of rotatable bonds is 1. The second-order valence-corrected chi connectivity index (χ2v) is 6.03. The standard InChI is InChI=1S/C16H22N4/c1-12-10-19-7-3-2-4-14(19)11-20(12)16-6-5-13(9-17)8-15(16)18/h5-6,8,12,14H,2-4,7,10-11,18H2,1H3. The second kappa shape index (κ2) is 5.34. The summed E-state index contributed by atoms with van der Waals surface area (Å²) in [5.41, 5.74) is 8.59. The van der Waals surface area contributed by atoms with Crippen molar-refractivity contribution in [3.8, 4) is 6.07 Å². The molecule has 0 radical (unpaired) electrons. The van der Waals surface area contributed by atoms with Gasteiger partial charge in [-0.3, -0.25) is 4.90 Å². The maximum absolute atomic E-state index is 8.94. The monoisotopic (exact) mass is 270 g/mol. The fraction of sp³-hybridized carbons (Fsp3) is 0.562. The molecule has 0 saturated carbocycles. The molecule has 0 bridgehead atoms. The molecule has 2 fully saturated rings. The lowest BCUT2D eigenvalue weighted by Gasteiger charge is -2.48. The third kappa shape index (κ3) is 2.34. The Morgan fingerprint density at radius 3 is 2.90 bits per heavy atom. The van der Waals surface area contributed by atoms with Crippen LogP contribution in [0.15, 0.2) is 18.2 Å². The van der Waals surface area contributed by atoms with Gasteiger partial charge in [-0.25, -0.2) is 0 Å². The van der Waals surface area contributed by atoms with Crippen molar-refractivity contribution in [2.75, 3.05) is 30.3 Å². The Hall–Kier alpha value is -1.73. The largest absolute Gasteiger partial charge is 0.397 e. The van der Waals surface area contributed by atoms with Crippen LogP contribution in [0.3, 0.4) is 0 Å². The van der Waals surface area contributed by atoms with Crippen molar-refractivity contribution >= 4 is 11.4 Å². The number of nitrogen functional groups attached to an aromatic ring is 1.